The molecule has 0 bridgehead atoms. The number of aliphatic hydroxyl groups excluding tert-OH is 3. The van der Waals surface area contributed by atoms with Crippen LogP contribution in [0.4, 0.5) is 13.2 Å². The zero-order valence-corrected chi connectivity index (χ0v) is 13.1. The van der Waals surface area contributed by atoms with Crippen LogP contribution in [0.5, 0.6) is 5.75 Å². The van der Waals surface area contributed by atoms with Crippen LogP contribution in [0.3, 0.4) is 0 Å². The normalized spacial score (nSPS) is 29.1. The van der Waals surface area contributed by atoms with E-state index in [-0.39, 0.29) is 30.6 Å². The standard InChI is InChI=1S/C17H21F3O4/c1-10-14(16(23)8-15(10)22)6-5-12(21)9-24-13-4-2-3-11(7-13)17(18,19)20/h2-7,10,12,14-16,21-23H,8-9H2,1H3/b6-5+/t10-,12-,14-,15+,16-/m1/s1. The lowest BCUT2D eigenvalue weighted by Crippen LogP contribution is -2.19. The van der Waals surface area contributed by atoms with Gasteiger partial charge in [0.05, 0.1) is 17.8 Å². The third kappa shape index (κ3) is 4.72. The minimum atomic E-state index is -4.45. The number of alkyl halides is 3. The van der Waals surface area contributed by atoms with Crippen molar-refractivity contribution in [1.29, 1.82) is 0 Å². The van der Waals surface area contributed by atoms with Gasteiger partial charge in [-0.25, -0.2) is 0 Å². The van der Waals surface area contributed by atoms with Gasteiger partial charge in [0.25, 0.3) is 0 Å². The number of rotatable bonds is 5. The maximum atomic E-state index is 12.6. The first kappa shape index (κ1) is 18.8. The van der Waals surface area contributed by atoms with Gasteiger partial charge in [-0.2, -0.15) is 13.2 Å². The molecule has 134 valence electrons. The zero-order valence-electron chi connectivity index (χ0n) is 13.1. The van der Waals surface area contributed by atoms with Crippen LogP contribution in [0.15, 0.2) is 36.4 Å². The second-order valence-electron chi connectivity index (χ2n) is 6.10. The van der Waals surface area contributed by atoms with E-state index in [0.29, 0.717) is 0 Å². The lowest BCUT2D eigenvalue weighted by atomic mass is 9.95. The summed E-state index contributed by atoms with van der Waals surface area (Å²) in [6.45, 7) is 1.60. The van der Waals surface area contributed by atoms with Crippen LogP contribution in [-0.4, -0.2) is 40.2 Å². The summed E-state index contributed by atoms with van der Waals surface area (Å²) in [5.41, 5.74) is -0.818. The van der Waals surface area contributed by atoms with Crippen molar-refractivity contribution < 1.29 is 33.2 Å². The maximum absolute atomic E-state index is 12.6. The molecule has 4 nitrogen and oxygen atoms in total. The topological polar surface area (TPSA) is 69.9 Å². The Labute approximate surface area is 138 Å². The van der Waals surface area contributed by atoms with Gasteiger partial charge in [0.1, 0.15) is 18.5 Å². The average Bonchev–Trinajstić information content (AvgIpc) is 2.75. The van der Waals surface area contributed by atoms with Crippen molar-refractivity contribution in [3.05, 3.63) is 42.0 Å². The van der Waals surface area contributed by atoms with Gasteiger partial charge in [-0.1, -0.05) is 25.1 Å². The lowest BCUT2D eigenvalue weighted by Gasteiger charge is -2.16. The summed E-state index contributed by atoms with van der Waals surface area (Å²) in [5, 5.41) is 29.4. The second kappa shape index (κ2) is 7.55. The smallest absolute Gasteiger partial charge is 0.416 e. The van der Waals surface area contributed by atoms with E-state index in [1.807, 2.05) is 0 Å². The van der Waals surface area contributed by atoms with Gasteiger partial charge >= 0.3 is 6.18 Å². The molecule has 0 unspecified atom stereocenters. The molecule has 0 amide bonds. The molecule has 1 aromatic carbocycles. The fourth-order valence-electron chi connectivity index (χ4n) is 2.79. The Morgan fingerprint density at radius 3 is 2.58 bits per heavy atom. The molecular weight excluding hydrogens is 325 g/mol. The summed E-state index contributed by atoms with van der Waals surface area (Å²) in [7, 11) is 0. The molecule has 1 saturated carbocycles. The Balaban J connectivity index is 1.89. The van der Waals surface area contributed by atoms with E-state index in [1.54, 1.807) is 13.0 Å². The number of ether oxygens (including phenoxy) is 1. The predicted octanol–water partition coefficient (Wildman–Crippen LogP) is 2.38. The van der Waals surface area contributed by atoms with Gasteiger partial charge in [-0.15, -0.1) is 0 Å². The minimum absolute atomic E-state index is 0.0157. The van der Waals surface area contributed by atoms with Crippen molar-refractivity contribution in [3.8, 4) is 5.75 Å². The van der Waals surface area contributed by atoms with Crippen molar-refractivity contribution in [2.24, 2.45) is 11.8 Å². The van der Waals surface area contributed by atoms with E-state index in [4.69, 9.17) is 4.74 Å². The highest BCUT2D eigenvalue weighted by molar-refractivity contribution is 5.30. The Hall–Kier alpha value is -1.57. The van der Waals surface area contributed by atoms with Crippen molar-refractivity contribution in [3.63, 3.8) is 0 Å². The van der Waals surface area contributed by atoms with Crippen LogP contribution in [0, 0.1) is 11.8 Å². The highest BCUT2D eigenvalue weighted by atomic mass is 19.4. The van der Waals surface area contributed by atoms with E-state index >= 15 is 0 Å². The van der Waals surface area contributed by atoms with Crippen molar-refractivity contribution in [2.75, 3.05) is 6.61 Å². The molecule has 0 spiro atoms. The van der Waals surface area contributed by atoms with Crippen LogP contribution in [-0.2, 0) is 6.18 Å². The van der Waals surface area contributed by atoms with Gasteiger partial charge in [-0.05, 0) is 24.1 Å². The molecule has 24 heavy (non-hydrogen) atoms. The first-order valence-electron chi connectivity index (χ1n) is 7.71. The fraction of sp³-hybridized carbons (Fsp3) is 0.529. The van der Waals surface area contributed by atoms with Gasteiger partial charge in [0.2, 0.25) is 0 Å². The molecule has 0 saturated heterocycles. The molecule has 1 aliphatic carbocycles. The van der Waals surface area contributed by atoms with Crippen LogP contribution in [0.1, 0.15) is 18.9 Å². The highest BCUT2D eigenvalue weighted by Gasteiger charge is 2.37. The van der Waals surface area contributed by atoms with Crippen LogP contribution in [0.2, 0.25) is 0 Å². The van der Waals surface area contributed by atoms with E-state index in [2.05, 4.69) is 0 Å². The van der Waals surface area contributed by atoms with Gasteiger partial charge in [0, 0.05) is 12.3 Å². The SMILES string of the molecule is C[C@@H]1[C@@H](/C=C/[C@@H](O)COc2cccc(C(F)(F)F)c2)[C@H](O)C[C@@H]1O. The Morgan fingerprint density at radius 2 is 2.00 bits per heavy atom. The second-order valence-corrected chi connectivity index (χ2v) is 6.10. The molecule has 7 heteroatoms. The summed E-state index contributed by atoms with van der Waals surface area (Å²) in [4.78, 5) is 0. The van der Waals surface area contributed by atoms with E-state index < -0.39 is 30.1 Å². The fourth-order valence-corrected chi connectivity index (χ4v) is 2.79. The van der Waals surface area contributed by atoms with Crippen LogP contribution in [0.25, 0.3) is 0 Å². The third-order valence-electron chi connectivity index (χ3n) is 4.28. The Bertz CT molecular complexity index is 573. The minimum Gasteiger partial charge on any atom is -0.491 e. The average molecular weight is 346 g/mol. The van der Waals surface area contributed by atoms with E-state index in [1.165, 1.54) is 18.2 Å². The molecule has 0 heterocycles. The summed E-state index contributed by atoms with van der Waals surface area (Å²) >= 11 is 0. The molecule has 0 aromatic heterocycles. The summed E-state index contributed by atoms with van der Waals surface area (Å²) < 4.78 is 43.0. The van der Waals surface area contributed by atoms with E-state index in [9.17, 15) is 28.5 Å². The number of halogens is 3. The summed E-state index contributed by atoms with van der Waals surface area (Å²) in [6, 6.07) is 4.43. The van der Waals surface area contributed by atoms with Gasteiger partial charge in [-0.3, -0.25) is 0 Å². The first-order chi connectivity index (χ1) is 11.2. The molecule has 1 aliphatic rings. The first-order valence-corrected chi connectivity index (χ1v) is 7.71. The van der Waals surface area contributed by atoms with E-state index in [0.717, 1.165) is 12.1 Å². The zero-order chi connectivity index (χ0) is 17.9. The molecule has 1 aromatic rings. The van der Waals surface area contributed by atoms with Crippen LogP contribution >= 0.6 is 0 Å². The van der Waals surface area contributed by atoms with Gasteiger partial charge < -0.3 is 20.1 Å². The molecular formula is C17H21F3O4. The monoisotopic (exact) mass is 346 g/mol. The molecule has 3 N–H and O–H groups in total. The number of hydrogen-bond acceptors (Lipinski definition) is 4. The maximum Gasteiger partial charge on any atom is 0.416 e. The van der Waals surface area contributed by atoms with Crippen LogP contribution < -0.4 is 4.74 Å². The summed E-state index contributed by atoms with van der Waals surface area (Å²) in [5.74, 6) is -0.391. The lowest BCUT2D eigenvalue weighted by molar-refractivity contribution is -0.137. The van der Waals surface area contributed by atoms with Gasteiger partial charge in [0.15, 0.2) is 0 Å². The number of benzene rings is 1. The Kier molecular flexibility index (Phi) is 5.90. The number of aliphatic hydroxyl groups is 3. The summed E-state index contributed by atoms with van der Waals surface area (Å²) in [6.07, 6.45) is -3.42. The quantitative estimate of drug-likeness (QED) is 0.716. The van der Waals surface area contributed by atoms with Crippen molar-refractivity contribution >= 4 is 0 Å². The largest absolute Gasteiger partial charge is 0.491 e. The number of hydrogen-bond donors (Lipinski definition) is 3. The third-order valence-corrected chi connectivity index (χ3v) is 4.28. The Morgan fingerprint density at radius 1 is 1.29 bits per heavy atom. The highest BCUT2D eigenvalue weighted by Crippen LogP contribution is 2.33. The van der Waals surface area contributed by atoms with Crippen molar-refractivity contribution in [1.82, 2.24) is 0 Å². The molecule has 1 fully saturated rings. The van der Waals surface area contributed by atoms with Crippen molar-refractivity contribution in [2.45, 2.75) is 37.8 Å². The molecule has 5 atom stereocenters. The predicted molar refractivity (Wildman–Crippen MR) is 81.4 cm³/mol. The molecule has 0 radical (unpaired) electrons. The molecule has 0 aliphatic heterocycles. The molecule has 2 rings (SSSR count).